The van der Waals surface area contributed by atoms with Crippen LogP contribution in [0.5, 0.6) is 5.75 Å². The number of nitrogens with zero attached hydrogens (tertiary/aromatic N) is 1. The summed E-state index contributed by atoms with van der Waals surface area (Å²) in [4.78, 5) is 26.2. The van der Waals surface area contributed by atoms with Gasteiger partial charge in [0.1, 0.15) is 18.0 Å². The van der Waals surface area contributed by atoms with Gasteiger partial charge in [-0.2, -0.15) is 26.3 Å². The van der Waals surface area contributed by atoms with Crippen LogP contribution in [0, 0.1) is 0 Å². The van der Waals surface area contributed by atoms with Gasteiger partial charge < -0.3 is 20.1 Å². The Hall–Kier alpha value is -3.28. The van der Waals surface area contributed by atoms with E-state index in [2.05, 4.69) is 0 Å². The average molecular weight is 532 g/mol. The van der Waals surface area contributed by atoms with Gasteiger partial charge in [-0.1, -0.05) is 6.07 Å². The highest BCUT2D eigenvalue weighted by Gasteiger charge is 2.38. The lowest BCUT2D eigenvalue weighted by molar-refractivity contribution is -0.156. The lowest BCUT2D eigenvalue weighted by atomic mass is 10.0. The normalized spacial score (nSPS) is 14.8. The molecule has 12 heteroatoms. The number of carbonyl (C=O) groups excluding carboxylic acids is 2. The lowest BCUT2D eigenvalue weighted by Gasteiger charge is -2.23. The van der Waals surface area contributed by atoms with Crippen molar-refractivity contribution < 1.29 is 45.4 Å². The zero-order valence-electron chi connectivity index (χ0n) is 20.3. The fourth-order valence-corrected chi connectivity index (χ4v) is 3.85. The first kappa shape index (κ1) is 28.3. The van der Waals surface area contributed by atoms with Gasteiger partial charge in [0.25, 0.3) is 0 Å². The van der Waals surface area contributed by atoms with E-state index in [1.807, 2.05) is 0 Å². The molecule has 1 aliphatic heterocycles. The fourth-order valence-electron chi connectivity index (χ4n) is 3.85. The maximum absolute atomic E-state index is 13.4. The first-order chi connectivity index (χ1) is 17.0. The molecule has 0 saturated carbocycles. The molecule has 1 aliphatic rings. The number of amides is 1. The quantitative estimate of drug-likeness (QED) is 0.406. The van der Waals surface area contributed by atoms with Crippen molar-refractivity contribution in [1.82, 2.24) is 0 Å². The highest BCUT2D eigenvalue weighted by molar-refractivity contribution is 6.00. The highest BCUT2D eigenvalue weighted by atomic mass is 19.4. The minimum atomic E-state index is -5.00. The molecule has 0 bridgehead atoms. The van der Waals surface area contributed by atoms with Crippen molar-refractivity contribution in [3.05, 3.63) is 58.7 Å². The Morgan fingerprint density at radius 2 is 1.68 bits per heavy atom. The Morgan fingerprint density at radius 1 is 1.00 bits per heavy atom. The maximum Gasteiger partial charge on any atom is 0.416 e. The van der Waals surface area contributed by atoms with Gasteiger partial charge in [-0.05, 0) is 63.1 Å². The molecular formula is C25H26F6N2O4. The highest BCUT2D eigenvalue weighted by Crippen LogP contribution is 2.38. The van der Waals surface area contributed by atoms with E-state index < -0.39 is 59.2 Å². The van der Waals surface area contributed by atoms with E-state index in [1.165, 1.54) is 17.0 Å². The number of halogens is 6. The van der Waals surface area contributed by atoms with Crippen LogP contribution in [0.3, 0.4) is 0 Å². The first-order valence-corrected chi connectivity index (χ1v) is 11.3. The number of nitrogens with two attached hydrogens (primary N) is 1. The summed E-state index contributed by atoms with van der Waals surface area (Å²) in [6, 6.07) is 4.75. The largest absolute Gasteiger partial charge is 0.489 e. The molecule has 0 aromatic heterocycles. The zero-order valence-corrected chi connectivity index (χ0v) is 20.3. The molecule has 0 unspecified atom stereocenters. The Labute approximate surface area is 209 Å². The van der Waals surface area contributed by atoms with Gasteiger partial charge in [0, 0.05) is 17.8 Å². The molecular weight excluding hydrogens is 506 g/mol. The monoisotopic (exact) mass is 532 g/mol. The van der Waals surface area contributed by atoms with Crippen LogP contribution in [0.4, 0.5) is 32.0 Å². The van der Waals surface area contributed by atoms with Crippen molar-refractivity contribution >= 4 is 17.6 Å². The van der Waals surface area contributed by atoms with Gasteiger partial charge in [0.15, 0.2) is 0 Å². The predicted octanol–water partition coefficient (Wildman–Crippen LogP) is 5.25. The molecule has 2 N–H and O–H groups in total. The minimum Gasteiger partial charge on any atom is -0.489 e. The summed E-state index contributed by atoms with van der Waals surface area (Å²) >= 11 is 0. The third-order valence-corrected chi connectivity index (χ3v) is 5.47. The number of alkyl halides is 6. The summed E-state index contributed by atoms with van der Waals surface area (Å²) < 4.78 is 89.4. The van der Waals surface area contributed by atoms with E-state index in [0.29, 0.717) is 23.7 Å². The van der Waals surface area contributed by atoms with Crippen molar-refractivity contribution in [2.45, 2.75) is 64.2 Å². The fraction of sp³-hybridized carbons (Fsp3) is 0.440. The molecule has 6 nitrogen and oxygen atoms in total. The van der Waals surface area contributed by atoms with Crippen LogP contribution in [0.15, 0.2) is 36.4 Å². The van der Waals surface area contributed by atoms with Crippen LogP contribution in [-0.4, -0.2) is 30.1 Å². The van der Waals surface area contributed by atoms with Crippen LogP contribution >= 0.6 is 0 Å². The first-order valence-electron chi connectivity index (χ1n) is 11.3. The molecule has 2 aromatic rings. The van der Waals surface area contributed by atoms with Crippen molar-refractivity contribution in [2.24, 2.45) is 5.73 Å². The smallest absolute Gasteiger partial charge is 0.416 e. The number of ether oxygens (including phenoxy) is 2. The second kappa shape index (κ2) is 10.2. The maximum atomic E-state index is 13.4. The van der Waals surface area contributed by atoms with Crippen molar-refractivity contribution in [3.8, 4) is 5.75 Å². The topological polar surface area (TPSA) is 81.9 Å². The SMILES string of the molecule is CC(C)(C)OC(=O)C[C@@H](N)C(=O)N1CCc2cc(OCc3ccc(C(F)(F)F)cc3C(F)(F)F)ccc21. The van der Waals surface area contributed by atoms with E-state index in [9.17, 15) is 35.9 Å². The Morgan fingerprint density at radius 3 is 2.27 bits per heavy atom. The second-order valence-electron chi connectivity index (χ2n) is 9.58. The van der Waals surface area contributed by atoms with Crippen molar-refractivity contribution in [3.63, 3.8) is 0 Å². The third kappa shape index (κ3) is 7.15. The van der Waals surface area contributed by atoms with Crippen LogP contribution in [0.2, 0.25) is 0 Å². The van der Waals surface area contributed by atoms with Gasteiger partial charge >= 0.3 is 18.3 Å². The Kier molecular flexibility index (Phi) is 7.83. The molecule has 0 fully saturated rings. The van der Waals surface area contributed by atoms with E-state index >= 15 is 0 Å². The molecule has 37 heavy (non-hydrogen) atoms. The van der Waals surface area contributed by atoms with Crippen LogP contribution in [0.1, 0.15) is 49.4 Å². The summed E-state index contributed by atoms with van der Waals surface area (Å²) in [7, 11) is 0. The summed E-state index contributed by atoms with van der Waals surface area (Å²) in [5.41, 5.74) is 3.09. The van der Waals surface area contributed by atoms with Crippen molar-refractivity contribution in [2.75, 3.05) is 11.4 Å². The van der Waals surface area contributed by atoms with Crippen molar-refractivity contribution in [1.29, 1.82) is 0 Å². The van der Waals surface area contributed by atoms with Gasteiger partial charge in [-0.15, -0.1) is 0 Å². The molecule has 202 valence electrons. The van der Waals surface area contributed by atoms with E-state index in [1.54, 1.807) is 26.8 Å². The average Bonchev–Trinajstić information content (AvgIpc) is 3.17. The number of esters is 1. The van der Waals surface area contributed by atoms with Gasteiger partial charge in [-0.3, -0.25) is 9.59 Å². The molecule has 1 amide bonds. The molecule has 0 radical (unpaired) electrons. The predicted molar refractivity (Wildman–Crippen MR) is 122 cm³/mol. The summed E-state index contributed by atoms with van der Waals surface area (Å²) in [6.45, 7) is 4.73. The van der Waals surface area contributed by atoms with E-state index in [4.69, 9.17) is 15.2 Å². The van der Waals surface area contributed by atoms with Gasteiger partial charge in [-0.25, -0.2) is 0 Å². The zero-order chi connectivity index (χ0) is 27.8. The van der Waals surface area contributed by atoms with Crippen LogP contribution < -0.4 is 15.4 Å². The molecule has 0 spiro atoms. The second-order valence-corrected chi connectivity index (χ2v) is 9.58. The molecule has 0 aliphatic carbocycles. The van der Waals surface area contributed by atoms with Gasteiger partial charge in [0.2, 0.25) is 5.91 Å². The summed E-state index contributed by atoms with van der Waals surface area (Å²) in [5.74, 6) is -0.921. The molecule has 2 aromatic carbocycles. The summed E-state index contributed by atoms with van der Waals surface area (Å²) in [5, 5.41) is 0. The van der Waals surface area contributed by atoms with E-state index in [0.717, 1.165) is 6.07 Å². The number of fused-ring (bicyclic) bond motifs is 1. The number of rotatable bonds is 6. The molecule has 1 heterocycles. The molecule has 3 rings (SSSR count). The molecule has 1 atom stereocenters. The summed E-state index contributed by atoms with van der Waals surface area (Å²) in [6.07, 6.45) is -9.82. The van der Waals surface area contributed by atoms with E-state index in [-0.39, 0.29) is 24.8 Å². The molecule has 0 saturated heterocycles. The van der Waals surface area contributed by atoms with Gasteiger partial charge in [0.05, 0.1) is 23.6 Å². The lowest BCUT2D eigenvalue weighted by Crippen LogP contribution is -2.45. The standard InChI is InChI=1S/C25H26F6N2O4/c1-23(2,3)37-21(34)12-19(32)22(35)33-9-8-14-10-17(6-7-20(14)33)36-13-15-4-5-16(24(26,27)28)11-18(15)25(29,30)31/h4-7,10-11,19H,8-9,12-13,32H2,1-3H3/t19-/m1/s1. The number of anilines is 1. The Balaban J connectivity index is 1.71. The Bertz CT molecular complexity index is 1170. The number of hydrogen-bond acceptors (Lipinski definition) is 5. The number of hydrogen-bond donors (Lipinski definition) is 1. The number of carbonyl (C=O) groups is 2. The van der Waals surface area contributed by atoms with Crippen LogP contribution in [-0.2, 0) is 39.7 Å². The third-order valence-electron chi connectivity index (χ3n) is 5.47. The van der Waals surface area contributed by atoms with Crippen LogP contribution in [0.25, 0.3) is 0 Å². The number of benzene rings is 2. The minimum absolute atomic E-state index is 0.0609.